The average Bonchev–Trinajstić information content (AvgIpc) is 2.15. The number of amides is 1. The fraction of sp³-hybridized carbons (Fsp3) is 0.923. The highest BCUT2D eigenvalue weighted by molar-refractivity contribution is 5.67. The van der Waals surface area contributed by atoms with Crippen molar-refractivity contribution in [2.75, 3.05) is 13.2 Å². The van der Waals surface area contributed by atoms with Crippen LogP contribution in [-0.4, -0.2) is 30.0 Å². The second-order valence-corrected chi connectivity index (χ2v) is 5.38. The molecule has 17 heavy (non-hydrogen) atoms. The van der Waals surface area contributed by atoms with Gasteiger partial charge < -0.3 is 15.2 Å². The smallest absolute Gasteiger partial charge is 0.407 e. The first-order valence-electron chi connectivity index (χ1n) is 6.46. The number of carbonyl (C=O) groups is 1. The molecule has 0 aromatic carbocycles. The Kier molecular flexibility index (Phi) is 7.96. The molecule has 1 unspecified atom stereocenters. The minimum absolute atomic E-state index is 0.219. The molecule has 0 bridgehead atoms. The molecule has 4 heteroatoms. The number of rotatable bonds is 7. The topological polar surface area (TPSA) is 58.6 Å². The first-order valence-corrected chi connectivity index (χ1v) is 6.46. The summed E-state index contributed by atoms with van der Waals surface area (Å²) in [5.74, 6) is 0.486. The van der Waals surface area contributed by atoms with Crippen LogP contribution in [0, 0.1) is 5.92 Å². The van der Waals surface area contributed by atoms with Gasteiger partial charge in [0.2, 0.25) is 0 Å². The molecule has 0 aliphatic rings. The molecule has 0 aromatic heterocycles. The van der Waals surface area contributed by atoms with E-state index in [-0.39, 0.29) is 12.7 Å². The van der Waals surface area contributed by atoms with E-state index in [2.05, 4.69) is 12.2 Å². The summed E-state index contributed by atoms with van der Waals surface area (Å²) in [4.78, 5) is 11.4. The Bertz CT molecular complexity index is 205. The van der Waals surface area contributed by atoms with E-state index >= 15 is 0 Å². The molecule has 0 saturated heterocycles. The second-order valence-electron chi connectivity index (χ2n) is 5.38. The lowest BCUT2D eigenvalue weighted by atomic mass is 9.96. The molecule has 4 nitrogen and oxygen atoms in total. The molecule has 0 radical (unpaired) electrons. The summed E-state index contributed by atoms with van der Waals surface area (Å²) in [5, 5.41) is 11.7. The SMILES string of the molecule is CCCC(CCO)CCNC(=O)OC(C)(C)C. The third-order valence-corrected chi connectivity index (χ3v) is 2.46. The van der Waals surface area contributed by atoms with Gasteiger partial charge in [-0.25, -0.2) is 4.79 Å². The molecule has 1 amide bonds. The number of aliphatic hydroxyl groups excluding tert-OH is 1. The van der Waals surface area contributed by atoms with Gasteiger partial charge in [-0.2, -0.15) is 0 Å². The standard InChI is InChI=1S/C13H27NO3/c1-5-6-11(8-10-15)7-9-14-12(16)17-13(2,3)4/h11,15H,5-10H2,1-4H3,(H,14,16). The lowest BCUT2D eigenvalue weighted by Crippen LogP contribution is -2.33. The molecule has 2 N–H and O–H groups in total. The highest BCUT2D eigenvalue weighted by Gasteiger charge is 2.16. The number of hydrogen-bond donors (Lipinski definition) is 2. The third-order valence-electron chi connectivity index (χ3n) is 2.46. The van der Waals surface area contributed by atoms with Crippen molar-refractivity contribution in [1.82, 2.24) is 5.32 Å². The monoisotopic (exact) mass is 245 g/mol. The molecule has 0 aromatic rings. The van der Waals surface area contributed by atoms with Crippen LogP contribution in [0.4, 0.5) is 4.79 Å². The van der Waals surface area contributed by atoms with Gasteiger partial charge in [-0.1, -0.05) is 19.8 Å². The van der Waals surface area contributed by atoms with Crippen LogP contribution in [-0.2, 0) is 4.74 Å². The Morgan fingerprint density at radius 1 is 1.29 bits per heavy atom. The fourth-order valence-corrected chi connectivity index (χ4v) is 1.72. The van der Waals surface area contributed by atoms with Crippen molar-refractivity contribution in [3.63, 3.8) is 0 Å². The Balaban J connectivity index is 3.76. The van der Waals surface area contributed by atoms with Crippen molar-refractivity contribution >= 4 is 6.09 Å². The largest absolute Gasteiger partial charge is 0.444 e. The van der Waals surface area contributed by atoms with E-state index in [1.54, 1.807) is 0 Å². The highest BCUT2D eigenvalue weighted by Crippen LogP contribution is 2.14. The van der Waals surface area contributed by atoms with E-state index in [1.165, 1.54) is 0 Å². The summed E-state index contributed by atoms with van der Waals surface area (Å²) in [5.41, 5.74) is -0.446. The van der Waals surface area contributed by atoms with E-state index < -0.39 is 5.60 Å². The van der Waals surface area contributed by atoms with Crippen molar-refractivity contribution in [3.8, 4) is 0 Å². The van der Waals surface area contributed by atoms with Crippen LogP contribution in [0.3, 0.4) is 0 Å². The molecular formula is C13H27NO3. The Hall–Kier alpha value is -0.770. The number of aliphatic hydroxyl groups is 1. The van der Waals surface area contributed by atoms with Gasteiger partial charge in [0.25, 0.3) is 0 Å². The summed E-state index contributed by atoms with van der Waals surface area (Å²) >= 11 is 0. The van der Waals surface area contributed by atoms with E-state index in [0.29, 0.717) is 12.5 Å². The van der Waals surface area contributed by atoms with Crippen molar-refractivity contribution in [2.24, 2.45) is 5.92 Å². The number of alkyl carbamates (subject to hydrolysis) is 1. The van der Waals surface area contributed by atoms with Crippen LogP contribution >= 0.6 is 0 Å². The molecule has 0 aliphatic carbocycles. The maximum absolute atomic E-state index is 11.4. The molecule has 0 saturated carbocycles. The first kappa shape index (κ1) is 16.2. The summed E-state index contributed by atoms with van der Waals surface area (Å²) in [6.07, 6.45) is 3.54. The van der Waals surface area contributed by atoms with E-state index in [9.17, 15) is 4.79 Å². The summed E-state index contributed by atoms with van der Waals surface area (Å²) < 4.78 is 5.14. The second kappa shape index (κ2) is 8.34. The molecular weight excluding hydrogens is 218 g/mol. The van der Waals surface area contributed by atoms with E-state index in [0.717, 1.165) is 25.7 Å². The normalized spacial score (nSPS) is 13.2. The predicted octanol–water partition coefficient (Wildman–Crippen LogP) is 2.70. The van der Waals surface area contributed by atoms with Crippen LogP contribution < -0.4 is 5.32 Å². The minimum atomic E-state index is -0.446. The van der Waals surface area contributed by atoms with E-state index in [4.69, 9.17) is 9.84 Å². The summed E-state index contributed by atoms with van der Waals surface area (Å²) in [6, 6.07) is 0. The van der Waals surface area contributed by atoms with Crippen LogP contribution in [0.1, 0.15) is 53.4 Å². The zero-order valence-electron chi connectivity index (χ0n) is 11.6. The molecule has 102 valence electrons. The number of ether oxygens (including phenoxy) is 1. The minimum Gasteiger partial charge on any atom is -0.444 e. The maximum Gasteiger partial charge on any atom is 0.407 e. The van der Waals surface area contributed by atoms with Crippen LogP contribution in [0.5, 0.6) is 0 Å². The molecule has 0 spiro atoms. The van der Waals surface area contributed by atoms with E-state index in [1.807, 2.05) is 20.8 Å². The molecule has 0 aliphatic heterocycles. The van der Waals surface area contributed by atoms with Gasteiger partial charge in [0.15, 0.2) is 0 Å². The Morgan fingerprint density at radius 3 is 2.41 bits per heavy atom. The fourth-order valence-electron chi connectivity index (χ4n) is 1.72. The van der Waals surface area contributed by atoms with Crippen molar-refractivity contribution < 1.29 is 14.6 Å². The maximum atomic E-state index is 11.4. The molecule has 0 heterocycles. The first-order chi connectivity index (χ1) is 7.89. The average molecular weight is 245 g/mol. The van der Waals surface area contributed by atoms with Crippen LogP contribution in [0.25, 0.3) is 0 Å². The number of hydrogen-bond acceptors (Lipinski definition) is 3. The highest BCUT2D eigenvalue weighted by atomic mass is 16.6. The third kappa shape index (κ3) is 10.1. The Morgan fingerprint density at radius 2 is 1.94 bits per heavy atom. The van der Waals surface area contributed by atoms with Gasteiger partial charge in [0.05, 0.1) is 0 Å². The molecule has 0 rings (SSSR count). The Labute approximate surface area is 105 Å². The quantitative estimate of drug-likeness (QED) is 0.725. The van der Waals surface area contributed by atoms with Gasteiger partial charge in [-0.05, 0) is 39.5 Å². The lowest BCUT2D eigenvalue weighted by Gasteiger charge is -2.20. The van der Waals surface area contributed by atoms with Gasteiger partial charge in [-0.3, -0.25) is 0 Å². The lowest BCUT2D eigenvalue weighted by molar-refractivity contribution is 0.0524. The molecule has 0 fully saturated rings. The van der Waals surface area contributed by atoms with Crippen molar-refractivity contribution in [2.45, 2.75) is 59.0 Å². The number of nitrogens with one attached hydrogen (secondary N) is 1. The van der Waals surface area contributed by atoms with Gasteiger partial charge >= 0.3 is 6.09 Å². The predicted molar refractivity (Wildman–Crippen MR) is 69.0 cm³/mol. The zero-order chi connectivity index (χ0) is 13.3. The van der Waals surface area contributed by atoms with Crippen LogP contribution in [0.15, 0.2) is 0 Å². The zero-order valence-corrected chi connectivity index (χ0v) is 11.6. The van der Waals surface area contributed by atoms with Gasteiger partial charge in [-0.15, -0.1) is 0 Å². The van der Waals surface area contributed by atoms with Crippen molar-refractivity contribution in [3.05, 3.63) is 0 Å². The summed E-state index contributed by atoms with van der Waals surface area (Å²) in [6.45, 7) is 8.50. The summed E-state index contributed by atoms with van der Waals surface area (Å²) in [7, 11) is 0. The molecule has 1 atom stereocenters. The number of carbonyl (C=O) groups excluding carboxylic acids is 1. The van der Waals surface area contributed by atoms with Crippen molar-refractivity contribution in [1.29, 1.82) is 0 Å². The van der Waals surface area contributed by atoms with Gasteiger partial charge in [0.1, 0.15) is 5.60 Å². The van der Waals surface area contributed by atoms with Crippen LogP contribution in [0.2, 0.25) is 0 Å². The van der Waals surface area contributed by atoms with Gasteiger partial charge in [0, 0.05) is 13.2 Å².